The number of thiazole rings is 1. The Morgan fingerprint density at radius 1 is 1.18 bits per heavy atom. The summed E-state index contributed by atoms with van der Waals surface area (Å²) in [5, 5.41) is 6.70. The van der Waals surface area contributed by atoms with Gasteiger partial charge in [-0.2, -0.15) is 0 Å². The number of ether oxygens (including phenoxy) is 1. The summed E-state index contributed by atoms with van der Waals surface area (Å²) in [6.07, 6.45) is 0.425. The van der Waals surface area contributed by atoms with E-state index < -0.39 is 6.09 Å². The number of carbonyl (C=O) groups is 1. The predicted molar refractivity (Wildman–Crippen MR) is 109 cm³/mol. The molecule has 1 aliphatic heterocycles. The molecule has 1 amide bonds. The molecule has 0 saturated carbocycles. The number of halogens is 2. The van der Waals surface area contributed by atoms with Gasteiger partial charge in [0, 0.05) is 29.6 Å². The number of carbonyl (C=O) groups excluding carboxylic acids is 1. The summed E-state index contributed by atoms with van der Waals surface area (Å²) in [5.41, 5.74) is 3.28. The molecule has 1 saturated heterocycles. The monoisotopic (exact) mass is 417 g/mol. The van der Waals surface area contributed by atoms with E-state index in [1.165, 1.54) is 30.6 Å². The third kappa shape index (κ3) is 3.55. The summed E-state index contributed by atoms with van der Waals surface area (Å²) in [7, 11) is 1.36. The summed E-state index contributed by atoms with van der Waals surface area (Å²) >= 11 is 7.92. The van der Waals surface area contributed by atoms with Crippen LogP contribution in [-0.2, 0) is 4.74 Å². The van der Waals surface area contributed by atoms with Crippen molar-refractivity contribution in [1.29, 1.82) is 0 Å². The van der Waals surface area contributed by atoms with Crippen LogP contribution in [0, 0.1) is 5.82 Å². The average Bonchev–Trinajstić information content (AvgIpc) is 3.38. The van der Waals surface area contributed by atoms with Gasteiger partial charge in [-0.25, -0.2) is 19.2 Å². The second-order valence-electron chi connectivity index (χ2n) is 6.28. The highest BCUT2D eigenvalue weighted by atomic mass is 35.5. The first kappa shape index (κ1) is 18.7. The molecule has 0 bridgehead atoms. The number of hydrazine groups is 1. The van der Waals surface area contributed by atoms with Gasteiger partial charge in [0.05, 0.1) is 23.5 Å². The van der Waals surface area contributed by atoms with Crippen molar-refractivity contribution in [1.82, 2.24) is 9.99 Å². The quantitative estimate of drug-likeness (QED) is 0.567. The smallest absolute Gasteiger partial charge is 0.428 e. The number of anilines is 1. The number of rotatable bonds is 3. The molecule has 28 heavy (non-hydrogen) atoms. The number of amides is 1. The Balaban J connectivity index is 1.66. The molecule has 0 spiro atoms. The van der Waals surface area contributed by atoms with Crippen LogP contribution in [0.25, 0.3) is 21.8 Å². The Morgan fingerprint density at radius 2 is 1.93 bits per heavy atom. The molecule has 5 nitrogen and oxygen atoms in total. The molecule has 2 aromatic carbocycles. The highest BCUT2D eigenvalue weighted by Crippen LogP contribution is 2.36. The molecule has 0 N–H and O–H groups in total. The molecule has 0 aliphatic carbocycles. The van der Waals surface area contributed by atoms with Gasteiger partial charge < -0.3 is 4.74 Å². The maximum Gasteiger partial charge on any atom is 0.428 e. The summed E-state index contributed by atoms with van der Waals surface area (Å²) in [6, 6.07) is 11.9. The van der Waals surface area contributed by atoms with Crippen molar-refractivity contribution < 1.29 is 13.9 Å². The first-order valence-corrected chi connectivity index (χ1v) is 9.97. The van der Waals surface area contributed by atoms with E-state index in [0.29, 0.717) is 18.1 Å². The SMILES string of the molecule is COC(=O)N1CCCN1c1cc(-c2nc(-c3ccc(F)cc3)cs2)ccc1Cl. The fraction of sp³-hybridized carbons (Fsp3) is 0.200. The molecule has 1 aliphatic rings. The molecule has 4 rings (SSSR count). The van der Waals surface area contributed by atoms with E-state index in [1.54, 1.807) is 23.2 Å². The zero-order valence-electron chi connectivity index (χ0n) is 15.1. The third-order valence-electron chi connectivity index (χ3n) is 4.53. The fourth-order valence-corrected chi connectivity index (χ4v) is 4.20. The summed E-state index contributed by atoms with van der Waals surface area (Å²) in [5.74, 6) is -0.276. The van der Waals surface area contributed by atoms with Crippen LogP contribution in [0.1, 0.15) is 6.42 Å². The van der Waals surface area contributed by atoms with Crippen LogP contribution in [0.15, 0.2) is 47.8 Å². The Labute approximate surface area is 170 Å². The molecule has 8 heteroatoms. The molecular weight excluding hydrogens is 401 g/mol. The van der Waals surface area contributed by atoms with Crippen molar-refractivity contribution in [3.63, 3.8) is 0 Å². The van der Waals surface area contributed by atoms with Crippen LogP contribution >= 0.6 is 22.9 Å². The van der Waals surface area contributed by atoms with Crippen LogP contribution in [-0.4, -0.2) is 36.3 Å². The van der Waals surface area contributed by atoms with Gasteiger partial charge in [-0.05, 0) is 42.8 Å². The van der Waals surface area contributed by atoms with Crippen molar-refractivity contribution in [3.8, 4) is 21.8 Å². The molecule has 0 unspecified atom stereocenters. The Kier molecular flexibility index (Phi) is 5.19. The second-order valence-corrected chi connectivity index (χ2v) is 7.55. The van der Waals surface area contributed by atoms with Gasteiger partial charge in [0.1, 0.15) is 10.8 Å². The summed E-state index contributed by atoms with van der Waals surface area (Å²) < 4.78 is 18.0. The van der Waals surface area contributed by atoms with Crippen LogP contribution in [0.2, 0.25) is 5.02 Å². The van der Waals surface area contributed by atoms with E-state index in [0.717, 1.165) is 33.9 Å². The normalized spacial score (nSPS) is 13.8. The van der Waals surface area contributed by atoms with E-state index in [2.05, 4.69) is 4.98 Å². The maximum absolute atomic E-state index is 13.1. The lowest BCUT2D eigenvalue weighted by atomic mass is 10.1. The van der Waals surface area contributed by atoms with Crippen LogP contribution in [0.5, 0.6) is 0 Å². The molecule has 144 valence electrons. The third-order valence-corrected chi connectivity index (χ3v) is 5.74. The van der Waals surface area contributed by atoms with Gasteiger partial charge in [-0.1, -0.05) is 17.7 Å². The zero-order valence-corrected chi connectivity index (χ0v) is 16.6. The summed E-state index contributed by atoms with van der Waals surface area (Å²) in [6.45, 7) is 1.26. The van der Waals surface area contributed by atoms with Gasteiger partial charge >= 0.3 is 6.09 Å². The largest absolute Gasteiger partial charge is 0.452 e. The Hall–Kier alpha value is -2.64. The minimum atomic E-state index is -0.410. The maximum atomic E-state index is 13.1. The number of benzene rings is 2. The molecule has 2 heterocycles. The molecule has 1 fully saturated rings. The zero-order chi connectivity index (χ0) is 19.7. The minimum absolute atomic E-state index is 0.276. The molecule has 0 radical (unpaired) electrons. The van der Waals surface area contributed by atoms with Crippen molar-refractivity contribution in [3.05, 3.63) is 58.7 Å². The molecular formula is C20H17ClFN3O2S. The van der Waals surface area contributed by atoms with E-state index in [-0.39, 0.29) is 5.82 Å². The number of methoxy groups -OCH3 is 1. The lowest BCUT2D eigenvalue weighted by Crippen LogP contribution is -2.41. The highest BCUT2D eigenvalue weighted by molar-refractivity contribution is 7.13. The Bertz CT molecular complexity index is 1010. The first-order valence-electron chi connectivity index (χ1n) is 8.71. The molecule has 1 aromatic heterocycles. The van der Waals surface area contributed by atoms with Crippen LogP contribution < -0.4 is 5.01 Å². The predicted octanol–water partition coefficient (Wildman–Crippen LogP) is 5.46. The van der Waals surface area contributed by atoms with Gasteiger partial charge in [0.15, 0.2) is 0 Å². The van der Waals surface area contributed by atoms with Crippen molar-refractivity contribution in [2.24, 2.45) is 0 Å². The minimum Gasteiger partial charge on any atom is -0.452 e. The van der Waals surface area contributed by atoms with E-state index in [4.69, 9.17) is 16.3 Å². The van der Waals surface area contributed by atoms with Gasteiger partial charge in [0.2, 0.25) is 0 Å². The summed E-state index contributed by atoms with van der Waals surface area (Å²) in [4.78, 5) is 16.7. The number of aromatic nitrogens is 1. The van der Waals surface area contributed by atoms with Crippen LogP contribution in [0.3, 0.4) is 0 Å². The van der Waals surface area contributed by atoms with Crippen molar-refractivity contribution >= 4 is 34.7 Å². The number of hydrogen-bond donors (Lipinski definition) is 0. The van der Waals surface area contributed by atoms with E-state index in [9.17, 15) is 9.18 Å². The van der Waals surface area contributed by atoms with Crippen LogP contribution in [0.4, 0.5) is 14.9 Å². The molecule has 0 atom stereocenters. The topological polar surface area (TPSA) is 45.7 Å². The average molecular weight is 418 g/mol. The van der Waals surface area contributed by atoms with Gasteiger partial charge in [-0.15, -0.1) is 11.3 Å². The lowest BCUT2D eigenvalue weighted by molar-refractivity contribution is 0.129. The van der Waals surface area contributed by atoms with E-state index in [1.807, 2.05) is 22.5 Å². The lowest BCUT2D eigenvalue weighted by Gasteiger charge is -2.29. The van der Waals surface area contributed by atoms with Gasteiger partial charge in [-0.3, -0.25) is 5.01 Å². The second kappa shape index (κ2) is 7.77. The number of nitrogens with zero attached hydrogens (tertiary/aromatic N) is 3. The fourth-order valence-electron chi connectivity index (χ4n) is 3.16. The van der Waals surface area contributed by atoms with E-state index >= 15 is 0 Å². The Morgan fingerprint density at radius 3 is 2.68 bits per heavy atom. The highest BCUT2D eigenvalue weighted by Gasteiger charge is 2.29. The number of hydrogen-bond acceptors (Lipinski definition) is 5. The standard InChI is InChI=1S/C20H17ClFN3O2S/c1-27-20(26)25-10-2-9-24(25)18-11-14(5-8-16(18)21)19-23-17(12-28-19)13-3-6-15(22)7-4-13/h3-8,11-12H,2,9-10H2,1H3. The van der Waals surface area contributed by atoms with Gasteiger partial charge in [0.25, 0.3) is 0 Å². The van der Waals surface area contributed by atoms with Crippen molar-refractivity contribution in [2.75, 3.05) is 25.2 Å². The van der Waals surface area contributed by atoms with Crippen molar-refractivity contribution in [2.45, 2.75) is 6.42 Å². The first-order chi connectivity index (χ1) is 13.6. The molecule has 3 aromatic rings.